The molecule has 0 aliphatic carbocycles. The number of nitrogens with zero attached hydrogens (tertiary/aromatic N) is 4. The minimum Gasteiger partial charge on any atom is -0.437 e. The molecule has 0 bridgehead atoms. The first-order chi connectivity index (χ1) is 12.6. The zero-order valence-electron chi connectivity index (χ0n) is 14.3. The second-order valence-electron chi connectivity index (χ2n) is 5.71. The molecule has 0 unspecified atom stereocenters. The van der Waals surface area contributed by atoms with E-state index >= 15 is 0 Å². The number of hydrogen-bond acceptors (Lipinski definition) is 6. The average Bonchev–Trinajstić information content (AvgIpc) is 2.64. The third kappa shape index (κ3) is 3.77. The first-order valence-electron chi connectivity index (χ1n) is 7.88. The van der Waals surface area contributed by atoms with Gasteiger partial charge in [0.25, 0.3) is 0 Å². The fourth-order valence-electron chi connectivity index (χ4n) is 2.49. The van der Waals surface area contributed by atoms with E-state index < -0.39 is 0 Å². The number of anilines is 2. The molecule has 0 saturated carbocycles. The van der Waals surface area contributed by atoms with E-state index in [1.165, 1.54) is 0 Å². The highest BCUT2D eigenvalue weighted by molar-refractivity contribution is 5.55. The minimum absolute atomic E-state index is 0.333. The molecule has 0 amide bonds. The first-order valence-corrected chi connectivity index (χ1v) is 7.88. The molecule has 0 saturated heterocycles. The number of rotatable bonds is 4. The Morgan fingerprint density at radius 3 is 2.46 bits per heavy atom. The molecule has 1 aromatic heterocycles. The molecular formula is C20H15N5O. The van der Waals surface area contributed by atoms with Crippen LogP contribution in [0, 0.1) is 36.5 Å². The maximum atomic E-state index is 9.34. The highest BCUT2D eigenvalue weighted by atomic mass is 16.5. The van der Waals surface area contributed by atoms with Crippen molar-refractivity contribution in [2.24, 2.45) is 0 Å². The summed E-state index contributed by atoms with van der Waals surface area (Å²) in [6, 6.07) is 16.5. The fourth-order valence-corrected chi connectivity index (χ4v) is 2.49. The summed E-state index contributed by atoms with van der Waals surface area (Å²) in [5.74, 6) is 1.18. The van der Waals surface area contributed by atoms with E-state index in [2.05, 4.69) is 27.4 Å². The van der Waals surface area contributed by atoms with Crippen LogP contribution in [0.1, 0.15) is 22.3 Å². The molecule has 0 spiro atoms. The number of nitrogens with one attached hydrogen (secondary N) is 1. The lowest BCUT2D eigenvalue weighted by Gasteiger charge is -2.11. The number of hydrogen-bond donors (Lipinski definition) is 1. The van der Waals surface area contributed by atoms with Crippen molar-refractivity contribution in [2.45, 2.75) is 13.8 Å². The summed E-state index contributed by atoms with van der Waals surface area (Å²) in [6.07, 6.45) is 1.57. The quantitative estimate of drug-likeness (QED) is 0.757. The minimum atomic E-state index is 0.333. The van der Waals surface area contributed by atoms with Crippen LogP contribution in [0.15, 0.2) is 48.7 Å². The topological polar surface area (TPSA) is 94.6 Å². The third-order valence-electron chi connectivity index (χ3n) is 3.65. The van der Waals surface area contributed by atoms with Gasteiger partial charge in [-0.25, -0.2) is 4.98 Å². The summed E-state index contributed by atoms with van der Waals surface area (Å²) in [5.41, 5.74) is 3.65. The van der Waals surface area contributed by atoms with Crippen molar-refractivity contribution in [1.82, 2.24) is 9.97 Å². The van der Waals surface area contributed by atoms with Gasteiger partial charge >= 0.3 is 0 Å². The highest BCUT2D eigenvalue weighted by Crippen LogP contribution is 2.29. The van der Waals surface area contributed by atoms with E-state index in [-0.39, 0.29) is 0 Å². The third-order valence-corrected chi connectivity index (χ3v) is 3.65. The molecule has 0 fully saturated rings. The van der Waals surface area contributed by atoms with Crippen molar-refractivity contribution >= 4 is 11.6 Å². The van der Waals surface area contributed by atoms with Crippen molar-refractivity contribution in [2.75, 3.05) is 5.32 Å². The van der Waals surface area contributed by atoms with Crippen molar-refractivity contribution < 1.29 is 4.74 Å². The van der Waals surface area contributed by atoms with Crippen LogP contribution < -0.4 is 10.1 Å². The van der Waals surface area contributed by atoms with Gasteiger partial charge in [0.15, 0.2) is 0 Å². The Labute approximate surface area is 151 Å². The second kappa shape index (κ2) is 7.33. The number of aromatic nitrogens is 2. The van der Waals surface area contributed by atoms with Gasteiger partial charge in [-0.2, -0.15) is 15.5 Å². The number of ether oxygens (including phenoxy) is 1. The lowest BCUT2D eigenvalue weighted by atomic mass is 10.1. The Morgan fingerprint density at radius 1 is 1.00 bits per heavy atom. The molecule has 126 valence electrons. The lowest BCUT2D eigenvalue weighted by molar-refractivity contribution is 0.457. The van der Waals surface area contributed by atoms with Crippen LogP contribution in [0.5, 0.6) is 11.6 Å². The normalized spacial score (nSPS) is 9.85. The molecule has 1 heterocycles. The highest BCUT2D eigenvalue weighted by Gasteiger charge is 2.11. The van der Waals surface area contributed by atoms with Crippen LogP contribution in [-0.2, 0) is 0 Å². The van der Waals surface area contributed by atoms with Crippen LogP contribution in [0.25, 0.3) is 0 Å². The van der Waals surface area contributed by atoms with Crippen LogP contribution in [-0.4, -0.2) is 9.97 Å². The van der Waals surface area contributed by atoms with Gasteiger partial charge in [-0.3, -0.25) is 0 Å². The maximum absolute atomic E-state index is 9.34. The lowest BCUT2D eigenvalue weighted by Crippen LogP contribution is -2.00. The van der Waals surface area contributed by atoms with Gasteiger partial charge < -0.3 is 10.1 Å². The first kappa shape index (κ1) is 16.9. The van der Waals surface area contributed by atoms with Crippen molar-refractivity contribution in [1.29, 1.82) is 10.5 Å². The van der Waals surface area contributed by atoms with Gasteiger partial charge in [0, 0.05) is 18.0 Å². The van der Waals surface area contributed by atoms with Gasteiger partial charge in [0.05, 0.1) is 17.2 Å². The fraction of sp³-hybridized carbons (Fsp3) is 0.100. The molecule has 1 N–H and O–H groups in total. The van der Waals surface area contributed by atoms with Crippen molar-refractivity contribution in [3.8, 4) is 23.8 Å². The van der Waals surface area contributed by atoms with Gasteiger partial charge in [0.1, 0.15) is 11.8 Å². The maximum Gasteiger partial charge on any atom is 0.230 e. The number of nitriles is 2. The average molecular weight is 341 g/mol. The monoisotopic (exact) mass is 341 g/mol. The van der Waals surface area contributed by atoms with Gasteiger partial charge in [-0.05, 0) is 55.3 Å². The van der Waals surface area contributed by atoms with E-state index in [0.29, 0.717) is 28.7 Å². The van der Waals surface area contributed by atoms with Gasteiger partial charge in [-0.1, -0.05) is 6.07 Å². The Bertz CT molecular complexity index is 1030. The molecule has 6 nitrogen and oxygen atoms in total. The summed E-state index contributed by atoms with van der Waals surface area (Å²) in [4.78, 5) is 8.49. The van der Waals surface area contributed by atoms with E-state index in [0.717, 1.165) is 16.8 Å². The van der Waals surface area contributed by atoms with Crippen LogP contribution in [0.2, 0.25) is 0 Å². The Hall–Kier alpha value is -3.90. The van der Waals surface area contributed by atoms with Gasteiger partial charge in [-0.15, -0.1) is 0 Å². The second-order valence-corrected chi connectivity index (χ2v) is 5.71. The molecule has 0 atom stereocenters. The number of benzene rings is 2. The van der Waals surface area contributed by atoms with Gasteiger partial charge in [0.2, 0.25) is 11.8 Å². The molecule has 26 heavy (non-hydrogen) atoms. The molecule has 6 heteroatoms. The van der Waals surface area contributed by atoms with E-state index in [1.54, 1.807) is 42.6 Å². The van der Waals surface area contributed by atoms with E-state index in [4.69, 9.17) is 10.00 Å². The Balaban J connectivity index is 1.84. The molecule has 0 radical (unpaired) electrons. The molecule has 3 rings (SSSR count). The predicted molar refractivity (Wildman–Crippen MR) is 97.2 cm³/mol. The van der Waals surface area contributed by atoms with E-state index in [9.17, 15) is 5.26 Å². The summed E-state index contributed by atoms with van der Waals surface area (Å²) < 4.78 is 5.84. The molecule has 0 aliphatic heterocycles. The molecule has 3 aromatic rings. The largest absolute Gasteiger partial charge is 0.437 e. The standard InChI is InChI=1S/C20H15N5O/c1-13-9-14(2)19(16(10-13)12-22)26-18-7-8-23-20(25-18)24-17-5-3-15(11-21)4-6-17/h3-10H,1-2H3,(H,23,24,25). The van der Waals surface area contributed by atoms with Crippen molar-refractivity contribution in [3.05, 3.63) is 70.9 Å². The SMILES string of the molecule is Cc1cc(C)c(Oc2ccnc(Nc3ccc(C#N)cc3)n2)c(C#N)c1. The number of aryl methyl sites for hydroxylation is 2. The van der Waals surface area contributed by atoms with Crippen LogP contribution in [0.4, 0.5) is 11.6 Å². The molecular weight excluding hydrogens is 326 g/mol. The molecule has 2 aromatic carbocycles. The summed E-state index contributed by atoms with van der Waals surface area (Å²) >= 11 is 0. The van der Waals surface area contributed by atoms with E-state index in [1.807, 2.05) is 19.9 Å². The summed E-state index contributed by atoms with van der Waals surface area (Å²) in [5, 5.41) is 21.2. The van der Waals surface area contributed by atoms with Crippen LogP contribution in [0.3, 0.4) is 0 Å². The summed E-state index contributed by atoms with van der Waals surface area (Å²) in [7, 11) is 0. The zero-order chi connectivity index (χ0) is 18.5. The smallest absolute Gasteiger partial charge is 0.230 e. The predicted octanol–water partition coefficient (Wildman–Crippen LogP) is 4.37. The molecule has 0 aliphatic rings. The Kier molecular flexibility index (Phi) is 4.78. The van der Waals surface area contributed by atoms with Crippen molar-refractivity contribution in [3.63, 3.8) is 0 Å². The van der Waals surface area contributed by atoms with Crippen LogP contribution >= 0.6 is 0 Å². The zero-order valence-corrected chi connectivity index (χ0v) is 14.3. The Morgan fingerprint density at radius 2 is 1.77 bits per heavy atom. The summed E-state index contributed by atoms with van der Waals surface area (Å²) in [6.45, 7) is 3.82.